The predicted molar refractivity (Wildman–Crippen MR) is 197 cm³/mol. The Hall–Kier alpha value is -3.07. The first-order valence-electron chi connectivity index (χ1n) is 17.4. The molecular weight excluding hydrogens is 677 g/mol. The van der Waals surface area contributed by atoms with Crippen molar-refractivity contribution in [2.75, 3.05) is 23.7 Å². The van der Waals surface area contributed by atoms with E-state index >= 15 is 0 Å². The average molecular weight is 725 g/mol. The molecule has 10 heteroatoms. The quantitative estimate of drug-likeness (QED) is 0.196. The van der Waals surface area contributed by atoms with Crippen LogP contribution in [0.3, 0.4) is 0 Å². The highest BCUT2D eigenvalue weighted by atomic mass is 35.5. The van der Waals surface area contributed by atoms with E-state index < -0.39 is 28.5 Å². The number of nitrogens with zero attached hydrogens (tertiary/aromatic N) is 2. The monoisotopic (exact) mass is 723 g/mol. The molecule has 0 aromatic heterocycles. The molecule has 49 heavy (non-hydrogen) atoms. The highest BCUT2D eigenvalue weighted by Gasteiger charge is 2.51. The Labute approximate surface area is 301 Å². The predicted octanol–water partition coefficient (Wildman–Crippen LogP) is 7.64. The Morgan fingerprint density at radius 2 is 1.43 bits per heavy atom. The molecule has 0 saturated heterocycles. The second kappa shape index (κ2) is 14.7. The molecule has 3 aromatic carbocycles. The van der Waals surface area contributed by atoms with Crippen molar-refractivity contribution in [3.63, 3.8) is 0 Å². The third-order valence-electron chi connectivity index (χ3n) is 10.8. The van der Waals surface area contributed by atoms with Crippen LogP contribution in [0.4, 0.5) is 5.69 Å². The maximum absolute atomic E-state index is 14.5. The number of nitrogens with one attached hydrogen (secondary N) is 1. The normalized spacial score (nSPS) is 23.3. The van der Waals surface area contributed by atoms with E-state index in [1.54, 1.807) is 18.2 Å². The molecule has 7 nitrogen and oxygen atoms in total. The third kappa shape index (κ3) is 8.13. The van der Waals surface area contributed by atoms with Crippen molar-refractivity contribution in [3.8, 4) is 0 Å². The van der Waals surface area contributed by atoms with E-state index in [0.29, 0.717) is 27.8 Å². The lowest BCUT2D eigenvalue weighted by atomic mass is 9.48. The molecule has 4 aliphatic carbocycles. The van der Waals surface area contributed by atoms with Crippen LogP contribution in [0, 0.1) is 23.7 Å². The van der Waals surface area contributed by atoms with Gasteiger partial charge in [-0.3, -0.25) is 13.9 Å². The fraction of sp³-hybridized carbons (Fsp3) is 0.487. The van der Waals surface area contributed by atoms with Crippen molar-refractivity contribution < 1.29 is 18.0 Å². The van der Waals surface area contributed by atoms with Crippen molar-refractivity contribution >= 4 is 50.7 Å². The number of rotatable bonds is 13. The number of amides is 2. The third-order valence-corrected chi connectivity index (χ3v) is 12.7. The summed E-state index contributed by atoms with van der Waals surface area (Å²) in [6, 6.07) is 21.4. The number of carbonyl (C=O) groups is 2. The van der Waals surface area contributed by atoms with Gasteiger partial charge in [0.25, 0.3) is 0 Å². The van der Waals surface area contributed by atoms with Crippen LogP contribution in [0.25, 0.3) is 0 Å². The number of carbonyl (C=O) groups excluding carboxylic acids is 2. The van der Waals surface area contributed by atoms with Gasteiger partial charge in [0.15, 0.2) is 0 Å². The highest BCUT2D eigenvalue weighted by molar-refractivity contribution is 7.92. The lowest BCUT2D eigenvalue weighted by Crippen LogP contribution is -2.53. The van der Waals surface area contributed by atoms with Gasteiger partial charge in [0.1, 0.15) is 12.6 Å². The van der Waals surface area contributed by atoms with Gasteiger partial charge in [0, 0.05) is 35.1 Å². The molecule has 1 atom stereocenters. The molecule has 4 fully saturated rings. The number of sulfonamides is 1. The molecule has 4 aliphatic rings. The van der Waals surface area contributed by atoms with Gasteiger partial charge in [0.2, 0.25) is 21.8 Å². The molecule has 4 saturated carbocycles. The van der Waals surface area contributed by atoms with Crippen LogP contribution in [0.5, 0.6) is 0 Å². The lowest BCUT2D eigenvalue weighted by Gasteiger charge is -2.57. The fourth-order valence-corrected chi connectivity index (χ4v) is 10.3. The molecule has 0 aliphatic heterocycles. The minimum Gasteiger partial charge on any atom is -0.354 e. The lowest BCUT2D eigenvalue weighted by molar-refractivity contribution is -0.140. The summed E-state index contributed by atoms with van der Waals surface area (Å²) in [6.45, 7) is 3.85. The molecule has 3 aromatic rings. The van der Waals surface area contributed by atoms with Crippen LogP contribution < -0.4 is 9.62 Å². The van der Waals surface area contributed by atoms with Gasteiger partial charge < -0.3 is 10.2 Å². The van der Waals surface area contributed by atoms with Crippen LogP contribution in [0.1, 0.15) is 69.1 Å². The van der Waals surface area contributed by atoms with E-state index in [9.17, 15) is 18.0 Å². The van der Waals surface area contributed by atoms with Crippen molar-refractivity contribution in [1.29, 1.82) is 0 Å². The smallest absolute Gasteiger partial charge is 0.244 e. The van der Waals surface area contributed by atoms with Crippen molar-refractivity contribution in [2.24, 2.45) is 23.7 Å². The zero-order valence-corrected chi connectivity index (χ0v) is 30.9. The first kappa shape index (κ1) is 35.7. The summed E-state index contributed by atoms with van der Waals surface area (Å²) in [5.41, 5.74) is 3.20. The number of hydrogen-bond donors (Lipinski definition) is 1. The molecule has 262 valence electrons. The number of hydrogen-bond acceptors (Lipinski definition) is 4. The molecule has 1 N–H and O–H groups in total. The Bertz CT molecular complexity index is 1710. The summed E-state index contributed by atoms with van der Waals surface area (Å²) in [5, 5.41) is 3.70. The summed E-state index contributed by atoms with van der Waals surface area (Å²) in [7, 11) is -3.89. The SMILES string of the molecule is CC(C)CNC(=O)C(Cc1ccccc1)N(Cc1c(Cl)cccc1Cl)C(=O)CN(c1ccc(C23CC4CC(CC(C4)C2)C3)cc1)S(C)(=O)=O. The first-order chi connectivity index (χ1) is 23.3. The van der Waals surface area contributed by atoms with Gasteiger partial charge in [-0.15, -0.1) is 0 Å². The second-order valence-electron chi connectivity index (χ2n) is 15.1. The molecule has 1 unspecified atom stereocenters. The van der Waals surface area contributed by atoms with Crippen LogP contribution in [-0.4, -0.2) is 50.5 Å². The Balaban J connectivity index is 1.32. The summed E-state index contributed by atoms with van der Waals surface area (Å²) >= 11 is 13.2. The van der Waals surface area contributed by atoms with E-state index in [4.69, 9.17) is 23.2 Å². The minimum absolute atomic E-state index is 0.0769. The van der Waals surface area contributed by atoms with Gasteiger partial charge in [0.05, 0.1) is 11.9 Å². The number of anilines is 1. The van der Waals surface area contributed by atoms with Gasteiger partial charge in [-0.1, -0.05) is 85.6 Å². The van der Waals surface area contributed by atoms with E-state index in [1.807, 2.05) is 56.3 Å². The number of halogens is 2. The van der Waals surface area contributed by atoms with Crippen molar-refractivity contribution in [3.05, 3.63) is 99.5 Å². The largest absolute Gasteiger partial charge is 0.354 e. The first-order valence-corrected chi connectivity index (χ1v) is 20.0. The van der Waals surface area contributed by atoms with Crippen LogP contribution in [0.2, 0.25) is 10.0 Å². The number of benzene rings is 3. The molecule has 0 heterocycles. The fourth-order valence-electron chi connectivity index (χ4n) is 8.89. The minimum atomic E-state index is -3.89. The Morgan fingerprint density at radius 3 is 1.96 bits per heavy atom. The van der Waals surface area contributed by atoms with Crippen molar-refractivity contribution in [2.45, 2.75) is 76.8 Å². The van der Waals surface area contributed by atoms with Gasteiger partial charge >= 0.3 is 0 Å². The molecule has 0 radical (unpaired) electrons. The van der Waals surface area contributed by atoms with Crippen LogP contribution >= 0.6 is 23.2 Å². The second-order valence-corrected chi connectivity index (χ2v) is 17.8. The summed E-state index contributed by atoms with van der Waals surface area (Å²) < 4.78 is 27.9. The van der Waals surface area contributed by atoms with Gasteiger partial charge in [-0.2, -0.15) is 0 Å². The summed E-state index contributed by atoms with van der Waals surface area (Å²) in [5.74, 6) is 1.68. The van der Waals surface area contributed by atoms with E-state index in [-0.39, 0.29) is 30.2 Å². The topological polar surface area (TPSA) is 86.8 Å². The molecule has 2 amide bonds. The summed E-state index contributed by atoms with van der Waals surface area (Å²) in [4.78, 5) is 29.9. The zero-order valence-electron chi connectivity index (χ0n) is 28.6. The molecular formula is C39H47Cl2N3O4S. The Kier molecular flexibility index (Phi) is 10.7. The molecule has 7 rings (SSSR count). The maximum Gasteiger partial charge on any atom is 0.244 e. The van der Waals surface area contributed by atoms with Gasteiger partial charge in [-0.05, 0) is 103 Å². The van der Waals surface area contributed by atoms with E-state index in [2.05, 4.69) is 17.4 Å². The van der Waals surface area contributed by atoms with Crippen LogP contribution in [0.15, 0.2) is 72.8 Å². The van der Waals surface area contributed by atoms with E-state index in [1.165, 1.54) is 49.0 Å². The van der Waals surface area contributed by atoms with Crippen molar-refractivity contribution in [1.82, 2.24) is 10.2 Å². The highest BCUT2D eigenvalue weighted by Crippen LogP contribution is 2.60. The average Bonchev–Trinajstić information content (AvgIpc) is 3.04. The van der Waals surface area contributed by atoms with Crippen LogP contribution in [-0.2, 0) is 38.0 Å². The Morgan fingerprint density at radius 1 is 0.857 bits per heavy atom. The maximum atomic E-state index is 14.5. The van der Waals surface area contributed by atoms with E-state index in [0.717, 1.165) is 33.9 Å². The van der Waals surface area contributed by atoms with Gasteiger partial charge in [-0.25, -0.2) is 8.42 Å². The molecule has 4 bridgehead atoms. The standard InChI is InChI=1S/C39H47Cl2N3O4S/c1-26(2)23-42-38(46)36(19-27-8-5-4-6-9-27)43(24-33-34(40)10-7-11-35(33)41)37(45)25-44(49(3,47)48)32-14-12-31(13-15-32)39-20-28-16-29(21-39)18-30(17-28)22-39/h4-15,26,28-30,36H,16-25H2,1-3H3,(H,42,46). The summed E-state index contributed by atoms with van der Waals surface area (Å²) in [6.07, 6.45) is 8.97. The molecule has 0 spiro atoms. The zero-order chi connectivity index (χ0) is 34.9.